The summed E-state index contributed by atoms with van der Waals surface area (Å²) in [5.74, 6) is 0.0745. The molecule has 4 nitrogen and oxygen atoms in total. The third kappa shape index (κ3) is 5.12. The van der Waals surface area contributed by atoms with Crippen LogP contribution in [0.25, 0.3) is 0 Å². The Balaban J connectivity index is 0.00000200. The lowest BCUT2D eigenvalue weighted by molar-refractivity contribution is -0.123. The predicted molar refractivity (Wildman–Crippen MR) is 83.9 cm³/mol. The van der Waals surface area contributed by atoms with Crippen molar-refractivity contribution in [2.45, 2.75) is 31.8 Å². The first kappa shape index (κ1) is 17.0. The highest BCUT2D eigenvalue weighted by Gasteiger charge is 2.19. The second-order valence-corrected chi connectivity index (χ2v) is 5.34. The number of likely N-dealkylation sites (tertiary alicyclic amines) is 1. The SMILES string of the molecule is CC(NC(=O)CN1CCC[C@@H](N)C1)c1ccccc1.Cl. The first-order valence-electron chi connectivity index (χ1n) is 6.97. The van der Waals surface area contributed by atoms with Gasteiger partial charge < -0.3 is 11.1 Å². The van der Waals surface area contributed by atoms with Gasteiger partial charge in [0.15, 0.2) is 0 Å². The molecule has 1 saturated heterocycles. The molecule has 0 radical (unpaired) electrons. The Morgan fingerprint density at radius 1 is 1.45 bits per heavy atom. The molecule has 1 amide bonds. The number of benzene rings is 1. The van der Waals surface area contributed by atoms with E-state index in [0.717, 1.165) is 31.5 Å². The van der Waals surface area contributed by atoms with Gasteiger partial charge in [-0.05, 0) is 31.9 Å². The molecule has 3 N–H and O–H groups in total. The van der Waals surface area contributed by atoms with Crippen molar-refractivity contribution in [1.82, 2.24) is 10.2 Å². The van der Waals surface area contributed by atoms with E-state index >= 15 is 0 Å². The van der Waals surface area contributed by atoms with Crippen LogP contribution in [0.3, 0.4) is 0 Å². The first-order valence-corrected chi connectivity index (χ1v) is 6.97. The lowest BCUT2D eigenvalue weighted by Crippen LogP contribution is -2.47. The number of carbonyl (C=O) groups is 1. The topological polar surface area (TPSA) is 58.4 Å². The van der Waals surface area contributed by atoms with E-state index < -0.39 is 0 Å². The molecule has 0 aliphatic carbocycles. The number of carbonyl (C=O) groups excluding carboxylic acids is 1. The molecule has 5 heteroatoms. The van der Waals surface area contributed by atoms with Crippen molar-refractivity contribution in [3.63, 3.8) is 0 Å². The van der Waals surface area contributed by atoms with Crippen molar-refractivity contribution in [1.29, 1.82) is 0 Å². The molecule has 0 aromatic heterocycles. The number of nitrogens with two attached hydrogens (primary N) is 1. The summed E-state index contributed by atoms with van der Waals surface area (Å²) in [6.07, 6.45) is 2.15. The summed E-state index contributed by atoms with van der Waals surface area (Å²) in [5.41, 5.74) is 7.05. The van der Waals surface area contributed by atoms with Crippen molar-refractivity contribution in [2.24, 2.45) is 5.73 Å². The summed E-state index contributed by atoms with van der Waals surface area (Å²) in [4.78, 5) is 14.1. The van der Waals surface area contributed by atoms with E-state index in [1.807, 2.05) is 37.3 Å². The van der Waals surface area contributed by atoms with Gasteiger partial charge in [0.2, 0.25) is 5.91 Å². The van der Waals surface area contributed by atoms with Gasteiger partial charge in [-0.25, -0.2) is 0 Å². The zero-order valence-electron chi connectivity index (χ0n) is 11.9. The van der Waals surface area contributed by atoms with Gasteiger partial charge >= 0.3 is 0 Å². The molecule has 2 rings (SSSR count). The molecule has 1 aliphatic heterocycles. The first-order chi connectivity index (χ1) is 9.15. The van der Waals surface area contributed by atoms with Gasteiger partial charge in [-0.3, -0.25) is 9.69 Å². The second-order valence-electron chi connectivity index (χ2n) is 5.34. The molecule has 2 atom stereocenters. The van der Waals surface area contributed by atoms with Crippen LogP contribution in [0, 0.1) is 0 Å². The van der Waals surface area contributed by atoms with Crippen molar-refractivity contribution in [2.75, 3.05) is 19.6 Å². The van der Waals surface area contributed by atoms with E-state index in [-0.39, 0.29) is 30.4 Å². The minimum atomic E-state index is 0. The summed E-state index contributed by atoms with van der Waals surface area (Å²) in [6, 6.07) is 10.3. The maximum Gasteiger partial charge on any atom is 0.234 e. The van der Waals surface area contributed by atoms with Gasteiger partial charge in [-0.1, -0.05) is 30.3 Å². The molecule has 0 saturated carbocycles. The molecular weight excluding hydrogens is 274 g/mol. The summed E-state index contributed by atoms with van der Waals surface area (Å²) in [6.45, 7) is 4.26. The van der Waals surface area contributed by atoms with Gasteiger partial charge in [-0.15, -0.1) is 12.4 Å². The quantitative estimate of drug-likeness (QED) is 0.889. The predicted octanol–water partition coefficient (Wildman–Crippen LogP) is 1.71. The number of rotatable bonds is 4. The van der Waals surface area contributed by atoms with Crippen LogP contribution in [0.4, 0.5) is 0 Å². The molecule has 1 aromatic rings. The van der Waals surface area contributed by atoms with Gasteiger partial charge in [0, 0.05) is 12.6 Å². The van der Waals surface area contributed by atoms with Crippen LogP contribution in [-0.4, -0.2) is 36.5 Å². The Kier molecular flexibility index (Phi) is 6.99. The minimum absolute atomic E-state index is 0. The van der Waals surface area contributed by atoms with Gasteiger partial charge in [0.05, 0.1) is 12.6 Å². The molecule has 1 heterocycles. The van der Waals surface area contributed by atoms with Crippen LogP contribution < -0.4 is 11.1 Å². The molecule has 0 bridgehead atoms. The van der Waals surface area contributed by atoms with E-state index in [2.05, 4.69) is 10.2 Å². The van der Waals surface area contributed by atoms with Crippen molar-refractivity contribution in [3.05, 3.63) is 35.9 Å². The number of hydrogen-bond acceptors (Lipinski definition) is 3. The van der Waals surface area contributed by atoms with Gasteiger partial charge in [0.1, 0.15) is 0 Å². The maximum absolute atomic E-state index is 12.0. The zero-order valence-corrected chi connectivity index (χ0v) is 12.7. The maximum atomic E-state index is 12.0. The second kappa shape index (κ2) is 8.25. The molecule has 1 unspecified atom stereocenters. The molecule has 112 valence electrons. The van der Waals surface area contributed by atoms with Crippen LogP contribution >= 0.6 is 12.4 Å². The summed E-state index contributed by atoms with van der Waals surface area (Å²) in [5, 5.41) is 3.04. The average molecular weight is 298 g/mol. The summed E-state index contributed by atoms with van der Waals surface area (Å²) >= 11 is 0. The smallest absolute Gasteiger partial charge is 0.234 e. The fourth-order valence-electron chi connectivity index (χ4n) is 2.55. The van der Waals surface area contributed by atoms with Crippen LogP contribution in [0.15, 0.2) is 30.3 Å². The minimum Gasteiger partial charge on any atom is -0.348 e. The molecule has 1 aromatic carbocycles. The third-order valence-corrected chi connectivity index (χ3v) is 3.59. The van der Waals surface area contributed by atoms with E-state index in [0.29, 0.717) is 6.54 Å². The molecular formula is C15H24ClN3O. The highest BCUT2D eigenvalue weighted by molar-refractivity contribution is 5.85. The summed E-state index contributed by atoms with van der Waals surface area (Å²) in [7, 11) is 0. The lowest BCUT2D eigenvalue weighted by Gasteiger charge is -2.30. The van der Waals surface area contributed by atoms with Crippen molar-refractivity contribution < 1.29 is 4.79 Å². The third-order valence-electron chi connectivity index (χ3n) is 3.59. The van der Waals surface area contributed by atoms with Crippen molar-refractivity contribution >= 4 is 18.3 Å². The molecule has 1 aliphatic rings. The average Bonchev–Trinajstić information content (AvgIpc) is 2.39. The van der Waals surface area contributed by atoms with Crippen LogP contribution in [0.2, 0.25) is 0 Å². The van der Waals surface area contributed by atoms with E-state index in [1.165, 1.54) is 0 Å². The molecule has 1 fully saturated rings. The Morgan fingerprint density at radius 2 is 2.15 bits per heavy atom. The fourth-order valence-corrected chi connectivity index (χ4v) is 2.55. The van der Waals surface area contributed by atoms with Crippen LogP contribution in [0.5, 0.6) is 0 Å². The number of piperidine rings is 1. The summed E-state index contributed by atoms with van der Waals surface area (Å²) < 4.78 is 0. The monoisotopic (exact) mass is 297 g/mol. The normalized spacial score (nSPS) is 20.8. The van der Waals surface area contributed by atoms with E-state index in [1.54, 1.807) is 0 Å². The largest absolute Gasteiger partial charge is 0.348 e. The number of nitrogens with zero attached hydrogens (tertiary/aromatic N) is 1. The van der Waals surface area contributed by atoms with Crippen LogP contribution in [0.1, 0.15) is 31.4 Å². The number of amides is 1. The number of nitrogens with one attached hydrogen (secondary N) is 1. The van der Waals surface area contributed by atoms with E-state index in [4.69, 9.17) is 5.73 Å². The Hall–Kier alpha value is -1.10. The van der Waals surface area contributed by atoms with E-state index in [9.17, 15) is 4.79 Å². The fraction of sp³-hybridized carbons (Fsp3) is 0.533. The van der Waals surface area contributed by atoms with Crippen molar-refractivity contribution in [3.8, 4) is 0 Å². The van der Waals surface area contributed by atoms with Gasteiger partial charge in [-0.2, -0.15) is 0 Å². The lowest BCUT2D eigenvalue weighted by atomic mass is 10.1. The number of hydrogen-bond donors (Lipinski definition) is 2. The Morgan fingerprint density at radius 3 is 2.80 bits per heavy atom. The standard InChI is InChI=1S/C15H23N3O.ClH/c1-12(13-6-3-2-4-7-13)17-15(19)11-18-9-5-8-14(16)10-18;/h2-4,6-7,12,14H,5,8-11,16H2,1H3,(H,17,19);1H/t12?,14-;/m1./s1. The zero-order chi connectivity index (χ0) is 13.7. The Labute approximate surface area is 127 Å². The highest BCUT2D eigenvalue weighted by atomic mass is 35.5. The molecule has 20 heavy (non-hydrogen) atoms. The Bertz CT molecular complexity index is 413. The molecule has 0 spiro atoms. The number of halogens is 1. The van der Waals surface area contributed by atoms with Crippen LogP contribution in [-0.2, 0) is 4.79 Å². The van der Waals surface area contributed by atoms with Gasteiger partial charge in [0.25, 0.3) is 0 Å². The highest BCUT2D eigenvalue weighted by Crippen LogP contribution is 2.12.